The van der Waals surface area contributed by atoms with Gasteiger partial charge in [-0.1, -0.05) is 12.1 Å². The standard InChI is InChI=1S/C13H11BrFNOS/c1-8-6-9(2-3-11(8)15)7-16-13(17)12-10(14)4-5-18-12/h2-6H,7H2,1H3,(H,16,17). The first kappa shape index (κ1) is 13.2. The fourth-order valence-corrected chi connectivity index (χ4v) is 3.00. The first-order valence-corrected chi connectivity index (χ1v) is 7.01. The zero-order valence-corrected chi connectivity index (χ0v) is 12.1. The Morgan fingerprint density at radius 1 is 1.44 bits per heavy atom. The molecule has 0 aliphatic carbocycles. The van der Waals surface area contributed by atoms with Gasteiger partial charge in [0, 0.05) is 11.0 Å². The van der Waals surface area contributed by atoms with Crippen molar-refractivity contribution in [3.63, 3.8) is 0 Å². The number of aryl methyl sites for hydroxylation is 1. The van der Waals surface area contributed by atoms with Gasteiger partial charge in [0.2, 0.25) is 0 Å². The quantitative estimate of drug-likeness (QED) is 0.910. The minimum Gasteiger partial charge on any atom is -0.347 e. The smallest absolute Gasteiger partial charge is 0.262 e. The molecule has 0 unspecified atom stereocenters. The molecule has 0 spiro atoms. The van der Waals surface area contributed by atoms with Crippen molar-refractivity contribution >= 4 is 33.2 Å². The monoisotopic (exact) mass is 327 g/mol. The molecule has 0 bridgehead atoms. The average molecular weight is 328 g/mol. The van der Waals surface area contributed by atoms with Crippen LogP contribution in [0.4, 0.5) is 4.39 Å². The number of hydrogen-bond donors (Lipinski definition) is 1. The highest BCUT2D eigenvalue weighted by molar-refractivity contribution is 9.10. The first-order valence-electron chi connectivity index (χ1n) is 5.34. The van der Waals surface area contributed by atoms with Gasteiger partial charge in [-0.25, -0.2) is 4.39 Å². The van der Waals surface area contributed by atoms with Crippen molar-refractivity contribution in [1.82, 2.24) is 5.32 Å². The fourth-order valence-electron chi connectivity index (χ4n) is 1.54. The normalized spacial score (nSPS) is 10.4. The second kappa shape index (κ2) is 5.63. The lowest BCUT2D eigenvalue weighted by Gasteiger charge is -2.06. The summed E-state index contributed by atoms with van der Waals surface area (Å²) in [5.41, 5.74) is 1.47. The van der Waals surface area contributed by atoms with Gasteiger partial charge < -0.3 is 5.32 Å². The van der Waals surface area contributed by atoms with Crippen molar-refractivity contribution in [3.8, 4) is 0 Å². The molecule has 1 heterocycles. The predicted molar refractivity (Wildman–Crippen MR) is 74.3 cm³/mol. The molecule has 0 radical (unpaired) electrons. The summed E-state index contributed by atoms with van der Waals surface area (Å²) in [6.45, 7) is 2.10. The van der Waals surface area contributed by atoms with E-state index in [1.165, 1.54) is 17.4 Å². The van der Waals surface area contributed by atoms with Crippen molar-refractivity contribution in [2.45, 2.75) is 13.5 Å². The van der Waals surface area contributed by atoms with E-state index in [9.17, 15) is 9.18 Å². The molecular weight excluding hydrogens is 317 g/mol. The summed E-state index contributed by atoms with van der Waals surface area (Å²) < 4.78 is 13.9. The number of rotatable bonds is 3. The molecular formula is C13H11BrFNOS. The minimum absolute atomic E-state index is 0.126. The number of carbonyl (C=O) groups excluding carboxylic acids is 1. The van der Waals surface area contributed by atoms with Gasteiger partial charge in [-0.05, 0) is 51.5 Å². The third-order valence-corrected chi connectivity index (χ3v) is 4.34. The molecule has 1 amide bonds. The van der Waals surface area contributed by atoms with Crippen LogP contribution in [0, 0.1) is 12.7 Å². The van der Waals surface area contributed by atoms with Gasteiger partial charge >= 0.3 is 0 Å². The largest absolute Gasteiger partial charge is 0.347 e. The Balaban J connectivity index is 2.02. The van der Waals surface area contributed by atoms with E-state index in [1.807, 2.05) is 11.4 Å². The van der Waals surface area contributed by atoms with Crippen molar-refractivity contribution in [1.29, 1.82) is 0 Å². The maximum Gasteiger partial charge on any atom is 0.262 e. The average Bonchev–Trinajstić information content (AvgIpc) is 2.77. The molecule has 0 saturated carbocycles. The van der Waals surface area contributed by atoms with Crippen molar-refractivity contribution in [2.24, 2.45) is 0 Å². The summed E-state index contributed by atoms with van der Waals surface area (Å²) in [7, 11) is 0. The number of nitrogens with one attached hydrogen (secondary N) is 1. The number of hydrogen-bond acceptors (Lipinski definition) is 2. The molecule has 2 nitrogen and oxygen atoms in total. The van der Waals surface area contributed by atoms with Crippen LogP contribution >= 0.6 is 27.3 Å². The van der Waals surface area contributed by atoms with Crippen LogP contribution in [0.3, 0.4) is 0 Å². The van der Waals surface area contributed by atoms with E-state index in [0.29, 0.717) is 17.0 Å². The molecule has 18 heavy (non-hydrogen) atoms. The van der Waals surface area contributed by atoms with Gasteiger partial charge in [0.1, 0.15) is 10.7 Å². The predicted octanol–water partition coefficient (Wildman–Crippen LogP) is 3.89. The highest BCUT2D eigenvalue weighted by Crippen LogP contribution is 2.22. The van der Waals surface area contributed by atoms with Gasteiger partial charge in [0.25, 0.3) is 5.91 Å². The van der Waals surface area contributed by atoms with E-state index in [1.54, 1.807) is 19.1 Å². The molecule has 1 N–H and O–H groups in total. The summed E-state index contributed by atoms with van der Waals surface area (Å²) in [5.74, 6) is -0.357. The molecule has 0 aliphatic heterocycles. The Hall–Kier alpha value is -1.20. The van der Waals surface area contributed by atoms with Gasteiger partial charge in [-0.15, -0.1) is 11.3 Å². The summed E-state index contributed by atoms with van der Waals surface area (Å²) >= 11 is 4.69. The van der Waals surface area contributed by atoms with Crippen LogP contribution in [0.1, 0.15) is 20.8 Å². The second-order valence-corrected chi connectivity index (χ2v) is 5.63. The molecule has 94 valence electrons. The van der Waals surface area contributed by atoms with Gasteiger partial charge in [0.15, 0.2) is 0 Å². The van der Waals surface area contributed by atoms with Gasteiger partial charge in [-0.2, -0.15) is 0 Å². The van der Waals surface area contributed by atoms with Crippen molar-refractivity contribution < 1.29 is 9.18 Å². The maximum atomic E-state index is 13.1. The highest BCUT2D eigenvalue weighted by atomic mass is 79.9. The van der Waals surface area contributed by atoms with Crippen LogP contribution in [-0.2, 0) is 6.54 Å². The van der Waals surface area contributed by atoms with E-state index >= 15 is 0 Å². The minimum atomic E-state index is -0.230. The van der Waals surface area contributed by atoms with E-state index in [4.69, 9.17) is 0 Å². The second-order valence-electron chi connectivity index (χ2n) is 3.86. The summed E-state index contributed by atoms with van der Waals surface area (Å²) in [6, 6.07) is 6.66. The number of thiophene rings is 1. The molecule has 2 aromatic rings. The lowest BCUT2D eigenvalue weighted by molar-refractivity contribution is 0.0954. The van der Waals surface area contributed by atoms with Crippen LogP contribution in [0.5, 0.6) is 0 Å². The van der Waals surface area contributed by atoms with Gasteiger partial charge in [-0.3, -0.25) is 4.79 Å². The Kier molecular flexibility index (Phi) is 4.14. The van der Waals surface area contributed by atoms with Crippen molar-refractivity contribution in [2.75, 3.05) is 0 Å². The summed E-state index contributed by atoms with van der Waals surface area (Å²) in [4.78, 5) is 12.5. The number of halogens is 2. The van der Waals surface area contributed by atoms with Crippen LogP contribution in [0.15, 0.2) is 34.1 Å². The Morgan fingerprint density at radius 3 is 2.83 bits per heavy atom. The lowest BCUT2D eigenvalue weighted by Crippen LogP contribution is -2.22. The topological polar surface area (TPSA) is 29.1 Å². The maximum absolute atomic E-state index is 13.1. The Bertz CT molecular complexity index is 582. The Morgan fingerprint density at radius 2 is 2.22 bits per heavy atom. The Labute approximate surface area is 117 Å². The fraction of sp³-hybridized carbons (Fsp3) is 0.154. The van der Waals surface area contributed by atoms with Crippen LogP contribution < -0.4 is 5.32 Å². The molecule has 5 heteroatoms. The van der Waals surface area contributed by atoms with Crippen molar-refractivity contribution in [3.05, 3.63) is 55.9 Å². The zero-order chi connectivity index (χ0) is 13.1. The number of benzene rings is 1. The van der Waals surface area contributed by atoms with Crippen LogP contribution in [0.2, 0.25) is 0 Å². The van der Waals surface area contributed by atoms with E-state index in [-0.39, 0.29) is 11.7 Å². The van der Waals surface area contributed by atoms with Gasteiger partial charge in [0.05, 0.1) is 0 Å². The molecule has 0 aliphatic rings. The number of amides is 1. The van der Waals surface area contributed by atoms with E-state index < -0.39 is 0 Å². The molecule has 0 atom stereocenters. The van der Waals surface area contributed by atoms with E-state index in [2.05, 4.69) is 21.2 Å². The van der Waals surface area contributed by atoms with Crippen LogP contribution in [0.25, 0.3) is 0 Å². The number of carbonyl (C=O) groups is 1. The lowest BCUT2D eigenvalue weighted by atomic mass is 10.1. The third kappa shape index (κ3) is 2.97. The molecule has 1 aromatic heterocycles. The van der Waals surface area contributed by atoms with Crippen LogP contribution in [-0.4, -0.2) is 5.91 Å². The summed E-state index contributed by atoms with van der Waals surface area (Å²) in [5, 5.41) is 4.66. The first-order chi connectivity index (χ1) is 8.58. The zero-order valence-electron chi connectivity index (χ0n) is 9.67. The third-order valence-electron chi connectivity index (χ3n) is 2.50. The molecule has 2 rings (SSSR count). The highest BCUT2D eigenvalue weighted by Gasteiger charge is 2.11. The molecule has 0 saturated heterocycles. The SMILES string of the molecule is Cc1cc(CNC(=O)c2sccc2Br)ccc1F. The molecule has 1 aromatic carbocycles. The summed E-state index contributed by atoms with van der Waals surface area (Å²) in [6.07, 6.45) is 0. The molecule has 0 fully saturated rings. The van der Waals surface area contributed by atoms with E-state index in [0.717, 1.165) is 10.0 Å².